The first-order valence-electron chi connectivity index (χ1n) is 6.51. The molecule has 102 valence electrons. The molecule has 19 heavy (non-hydrogen) atoms. The minimum atomic E-state index is 0.824. The summed E-state index contributed by atoms with van der Waals surface area (Å²) in [4.78, 5) is 2.33. The van der Waals surface area contributed by atoms with Gasteiger partial charge in [-0.15, -0.1) is 0 Å². The zero-order chi connectivity index (χ0) is 14.0. The second-order valence-corrected chi connectivity index (χ2v) is 5.24. The lowest BCUT2D eigenvalue weighted by atomic mass is 10.1. The molecule has 0 atom stereocenters. The maximum atomic E-state index is 4.55. The topological polar surface area (TPSA) is 21.1 Å². The number of rotatable bonds is 4. The number of anilines is 2. The summed E-state index contributed by atoms with van der Waals surface area (Å²) in [6, 6.07) is 8.47. The molecule has 0 amide bonds. The number of para-hydroxylation sites is 1. The normalized spacial score (nSPS) is 10.8. The molecule has 0 aliphatic carbocycles. The Morgan fingerprint density at radius 1 is 1.26 bits per heavy atom. The highest BCUT2D eigenvalue weighted by Crippen LogP contribution is 2.32. The van der Waals surface area contributed by atoms with Crippen LogP contribution in [0, 0.1) is 13.8 Å². The molecule has 1 aromatic carbocycles. The van der Waals surface area contributed by atoms with E-state index in [9.17, 15) is 0 Å². The zero-order valence-corrected chi connectivity index (χ0v) is 13.5. The maximum absolute atomic E-state index is 4.55. The Labute approximate surface area is 123 Å². The lowest BCUT2D eigenvalue weighted by Crippen LogP contribution is -2.21. The maximum Gasteiger partial charge on any atom is 0.135 e. The highest BCUT2D eigenvalue weighted by Gasteiger charge is 2.19. The molecule has 0 bridgehead atoms. The van der Waals surface area contributed by atoms with E-state index in [1.807, 2.05) is 11.7 Å². The van der Waals surface area contributed by atoms with Crippen molar-refractivity contribution in [2.24, 2.45) is 7.05 Å². The van der Waals surface area contributed by atoms with Gasteiger partial charge in [0.15, 0.2) is 0 Å². The highest BCUT2D eigenvalue weighted by atomic mass is 79.9. The summed E-state index contributed by atoms with van der Waals surface area (Å²) in [6.07, 6.45) is 0. The molecule has 1 heterocycles. The van der Waals surface area contributed by atoms with Gasteiger partial charge in [0.05, 0.1) is 5.69 Å². The molecule has 4 heteroatoms. The van der Waals surface area contributed by atoms with Gasteiger partial charge in [0.25, 0.3) is 0 Å². The molecule has 0 saturated carbocycles. The van der Waals surface area contributed by atoms with Crippen molar-refractivity contribution in [3.05, 3.63) is 41.1 Å². The van der Waals surface area contributed by atoms with Crippen molar-refractivity contribution < 1.29 is 0 Å². The average molecular weight is 322 g/mol. The minimum absolute atomic E-state index is 0.824. The molecule has 1 aromatic heterocycles. The van der Waals surface area contributed by atoms with E-state index in [-0.39, 0.29) is 0 Å². The van der Waals surface area contributed by atoms with Crippen molar-refractivity contribution in [1.29, 1.82) is 0 Å². The van der Waals surface area contributed by atoms with Crippen LogP contribution in [-0.4, -0.2) is 16.3 Å². The third-order valence-electron chi connectivity index (χ3n) is 3.42. The molecule has 0 fully saturated rings. The van der Waals surface area contributed by atoms with Gasteiger partial charge in [0.2, 0.25) is 0 Å². The fourth-order valence-electron chi connectivity index (χ4n) is 2.48. The third-order valence-corrected chi connectivity index (χ3v) is 3.99. The number of aryl methyl sites for hydroxylation is 3. The number of nitrogens with zero attached hydrogens (tertiary/aromatic N) is 3. The Morgan fingerprint density at radius 2 is 1.95 bits per heavy atom. The van der Waals surface area contributed by atoms with Gasteiger partial charge in [-0.3, -0.25) is 4.68 Å². The minimum Gasteiger partial charge on any atom is -0.326 e. The van der Waals surface area contributed by atoms with Crippen LogP contribution in [0.2, 0.25) is 0 Å². The molecule has 0 unspecified atom stereocenters. The van der Waals surface area contributed by atoms with Gasteiger partial charge in [-0.05, 0) is 32.4 Å². The summed E-state index contributed by atoms with van der Waals surface area (Å²) in [6.45, 7) is 7.30. The summed E-state index contributed by atoms with van der Waals surface area (Å²) in [5.74, 6) is 1.17. The van der Waals surface area contributed by atoms with Crippen LogP contribution in [0.25, 0.3) is 0 Å². The van der Waals surface area contributed by atoms with Crippen LogP contribution in [0.3, 0.4) is 0 Å². The van der Waals surface area contributed by atoms with Gasteiger partial charge in [0, 0.05) is 30.2 Å². The summed E-state index contributed by atoms with van der Waals surface area (Å²) < 4.78 is 1.97. The van der Waals surface area contributed by atoms with Crippen LogP contribution in [0.15, 0.2) is 24.3 Å². The monoisotopic (exact) mass is 321 g/mol. The van der Waals surface area contributed by atoms with Crippen molar-refractivity contribution >= 4 is 27.4 Å². The second-order valence-electron chi connectivity index (χ2n) is 4.68. The van der Waals surface area contributed by atoms with Crippen molar-refractivity contribution in [2.75, 3.05) is 11.4 Å². The Bertz CT molecular complexity index is 575. The van der Waals surface area contributed by atoms with Gasteiger partial charge in [-0.25, -0.2) is 0 Å². The highest BCUT2D eigenvalue weighted by molar-refractivity contribution is 9.08. The van der Waals surface area contributed by atoms with Gasteiger partial charge in [-0.1, -0.05) is 34.1 Å². The van der Waals surface area contributed by atoms with Crippen LogP contribution in [-0.2, 0) is 12.4 Å². The lowest BCUT2D eigenvalue weighted by Gasteiger charge is -2.26. The van der Waals surface area contributed by atoms with E-state index in [0.717, 1.165) is 17.6 Å². The van der Waals surface area contributed by atoms with Crippen LogP contribution in [0.4, 0.5) is 11.5 Å². The van der Waals surface area contributed by atoms with Gasteiger partial charge in [-0.2, -0.15) is 5.10 Å². The second kappa shape index (κ2) is 5.78. The number of hydrogen-bond acceptors (Lipinski definition) is 2. The fraction of sp³-hybridized carbons (Fsp3) is 0.400. The largest absolute Gasteiger partial charge is 0.326 e. The molecule has 2 rings (SSSR count). The SMILES string of the molecule is CCN(c1ccccc1C)c1c(CBr)c(C)nn1C. The molecule has 0 spiro atoms. The van der Waals surface area contributed by atoms with E-state index >= 15 is 0 Å². The Kier molecular flexibility index (Phi) is 4.30. The Balaban J connectivity index is 2.58. The third kappa shape index (κ3) is 2.54. The molecular weight excluding hydrogens is 302 g/mol. The van der Waals surface area contributed by atoms with E-state index in [1.165, 1.54) is 22.6 Å². The first-order valence-corrected chi connectivity index (χ1v) is 7.63. The Morgan fingerprint density at radius 3 is 2.53 bits per heavy atom. The van der Waals surface area contributed by atoms with Crippen LogP contribution >= 0.6 is 15.9 Å². The predicted molar refractivity (Wildman–Crippen MR) is 84.4 cm³/mol. The van der Waals surface area contributed by atoms with Crippen LogP contribution in [0.1, 0.15) is 23.7 Å². The molecule has 0 aliphatic heterocycles. The van der Waals surface area contributed by atoms with Crippen molar-refractivity contribution in [1.82, 2.24) is 9.78 Å². The number of alkyl halides is 1. The van der Waals surface area contributed by atoms with E-state index in [0.29, 0.717) is 0 Å². The van der Waals surface area contributed by atoms with E-state index in [4.69, 9.17) is 0 Å². The molecule has 2 aromatic rings. The smallest absolute Gasteiger partial charge is 0.135 e. The van der Waals surface area contributed by atoms with Gasteiger partial charge in [0.1, 0.15) is 5.82 Å². The molecule has 0 aliphatic rings. The lowest BCUT2D eigenvalue weighted by molar-refractivity contribution is 0.741. The molecular formula is C15H20BrN3. The van der Waals surface area contributed by atoms with Crippen LogP contribution < -0.4 is 4.90 Å². The molecule has 3 nitrogen and oxygen atoms in total. The van der Waals surface area contributed by atoms with Crippen molar-refractivity contribution in [3.63, 3.8) is 0 Å². The summed E-state index contributed by atoms with van der Waals surface area (Å²) in [5.41, 5.74) is 4.87. The molecule has 0 radical (unpaired) electrons. The van der Waals surface area contributed by atoms with E-state index in [1.54, 1.807) is 0 Å². The number of aromatic nitrogens is 2. The summed E-state index contributed by atoms with van der Waals surface area (Å²) >= 11 is 3.58. The summed E-state index contributed by atoms with van der Waals surface area (Å²) in [7, 11) is 2.01. The fourth-order valence-corrected chi connectivity index (χ4v) is 3.14. The number of benzene rings is 1. The predicted octanol–water partition coefficient (Wildman–Crippen LogP) is 4.09. The van der Waals surface area contributed by atoms with Crippen molar-refractivity contribution in [3.8, 4) is 0 Å². The number of halogens is 1. The van der Waals surface area contributed by atoms with Gasteiger partial charge >= 0.3 is 0 Å². The van der Waals surface area contributed by atoms with E-state index < -0.39 is 0 Å². The quantitative estimate of drug-likeness (QED) is 0.791. The first-order chi connectivity index (χ1) is 9.10. The Hall–Kier alpha value is -1.29. The van der Waals surface area contributed by atoms with E-state index in [2.05, 4.69) is 71.0 Å². The number of hydrogen-bond donors (Lipinski definition) is 0. The summed E-state index contributed by atoms with van der Waals surface area (Å²) in [5, 5.41) is 5.37. The molecule has 0 N–H and O–H groups in total. The molecule has 0 saturated heterocycles. The first kappa shape index (κ1) is 14.1. The van der Waals surface area contributed by atoms with Gasteiger partial charge < -0.3 is 4.90 Å². The average Bonchev–Trinajstić information content (AvgIpc) is 2.67. The van der Waals surface area contributed by atoms with Crippen LogP contribution in [0.5, 0.6) is 0 Å². The van der Waals surface area contributed by atoms with Crippen molar-refractivity contribution in [2.45, 2.75) is 26.1 Å². The zero-order valence-electron chi connectivity index (χ0n) is 11.9. The standard InChI is InChI=1S/C15H20BrN3/c1-5-19(14-9-7-6-8-11(14)2)15-13(10-16)12(3)17-18(15)4/h6-9H,5,10H2,1-4H3.